The highest BCUT2D eigenvalue weighted by Gasteiger charge is 2.33. The van der Waals surface area contributed by atoms with Crippen LogP contribution in [0.15, 0.2) is 17.2 Å². The summed E-state index contributed by atoms with van der Waals surface area (Å²) < 4.78 is 28.1. The first-order valence-electron chi connectivity index (χ1n) is 10.9. The molecule has 2 fully saturated rings. The monoisotopic (exact) mass is 454 g/mol. The van der Waals surface area contributed by atoms with Crippen molar-refractivity contribution < 1.29 is 13.2 Å². The van der Waals surface area contributed by atoms with Crippen molar-refractivity contribution in [1.29, 1.82) is 0 Å². The first-order valence-corrected chi connectivity index (χ1v) is 13.8. The normalized spacial score (nSPS) is 21.1. The van der Waals surface area contributed by atoms with E-state index < -0.39 is 10.0 Å². The van der Waals surface area contributed by atoms with Crippen LogP contribution in [0.2, 0.25) is 0 Å². The molecule has 0 spiro atoms. The van der Waals surface area contributed by atoms with Crippen molar-refractivity contribution in [2.24, 2.45) is 0 Å². The van der Waals surface area contributed by atoms with E-state index >= 15 is 0 Å². The second-order valence-electron chi connectivity index (χ2n) is 8.14. The Morgan fingerprint density at radius 1 is 1.20 bits per heavy atom. The predicted molar refractivity (Wildman–Crippen MR) is 122 cm³/mol. The van der Waals surface area contributed by atoms with E-state index in [9.17, 15) is 13.2 Å². The molecule has 9 heteroatoms. The van der Waals surface area contributed by atoms with E-state index in [-0.39, 0.29) is 16.8 Å². The smallest absolute Gasteiger partial charge is 0.244 e. The fourth-order valence-electron chi connectivity index (χ4n) is 4.30. The van der Waals surface area contributed by atoms with E-state index in [0.29, 0.717) is 31.5 Å². The summed E-state index contributed by atoms with van der Waals surface area (Å²) in [6.07, 6.45) is 9.70. The molecule has 2 saturated heterocycles. The molecular formula is C21H34N4O3S2. The lowest BCUT2D eigenvalue weighted by Crippen LogP contribution is -2.37. The van der Waals surface area contributed by atoms with Crippen LogP contribution in [0, 0.1) is 6.92 Å². The largest absolute Gasteiger partial charge is 0.370 e. The molecule has 2 aliphatic heterocycles. The van der Waals surface area contributed by atoms with Gasteiger partial charge in [0.25, 0.3) is 0 Å². The maximum absolute atomic E-state index is 13.3. The van der Waals surface area contributed by atoms with E-state index in [1.165, 1.54) is 6.20 Å². The molecule has 2 aliphatic rings. The Morgan fingerprint density at radius 3 is 2.73 bits per heavy atom. The van der Waals surface area contributed by atoms with Gasteiger partial charge in [0.1, 0.15) is 10.7 Å². The van der Waals surface area contributed by atoms with Crippen LogP contribution >= 0.6 is 11.8 Å². The van der Waals surface area contributed by atoms with Crippen molar-refractivity contribution in [2.75, 3.05) is 43.5 Å². The van der Waals surface area contributed by atoms with Gasteiger partial charge in [0.2, 0.25) is 15.9 Å². The Morgan fingerprint density at radius 2 is 2.03 bits per heavy atom. The fourth-order valence-corrected chi connectivity index (χ4v) is 6.43. The van der Waals surface area contributed by atoms with Crippen LogP contribution in [0.1, 0.15) is 50.5 Å². The van der Waals surface area contributed by atoms with Gasteiger partial charge in [-0.1, -0.05) is 0 Å². The van der Waals surface area contributed by atoms with Crippen molar-refractivity contribution >= 4 is 33.5 Å². The van der Waals surface area contributed by atoms with Gasteiger partial charge in [-0.2, -0.15) is 16.1 Å². The lowest BCUT2D eigenvalue weighted by Gasteiger charge is -2.27. The van der Waals surface area contributed by atoms with Crippen LogP contribution in [0.25, 0.3) is 0 Å². The zero-order chi connectivity index (χ0) is 21.6. The summed E-state index contributed by atoms with van der Waals surface area (Å²) in [5, 5.41) is 3.29. The number of pyridine rings is 1. The van der Waals surface area contributed by atoms with Crippen LogP contribution in [-0.4, -0.2) is 72.7 Å². The van der Waals surface area contributed by atoms with Gasteiger partial charge < -0.3 is 10.2 Å². The minimum absolute atomic E-state index is 0.164. The first-order chi connectivity index (χ1) is 14.4. The van der Waals surface area contributed by atoms with Gasteiger partial charge in [-0.05, 0) is 69.1 Å². The van der Waals surface area contributed by atoms with Gasteiger partial charge in [0.05, 0.1) is 0 Å². The van der Waals surface area contributed by atoms with E-state index in [1.54, 1.807) is 4.31 Å². The standard InChI is InChI=1S/C21H34N4O3S2/c1-17-15-20(22-10-3-4-14-29-2)23-16-19(17)30(27,28)24-11-5-7-18(9-13-24)25-12-6-8-21(25)26/h15-16,18H,3-14H2,1-2H3,(H,22,23). The predicted octanol–water partition coefficient (Wildman–Crippen LogP) is 3.11. The average Bonchev–Trinajstić information content (AvgIpc) is 2.98. The number of aryl methyl sites for hydroxylation is 1. The number of thioether (sulfide) groups is 1. The van der Waals surface area contributed by atoms with Gasteiger partial charge in [-0.25, -0.2) is 13.4 Å². The lowest BCUT2D eigenvalue weighted by molar-refractivity contribution is -0.129. The number of carbonyl (C=O) groups excluding carboxylic acids is 1. The Labute approximate surface area is 185 Å². The van der Waals surface area contributed by atoms with Gasteiger partial charge in [-0.15, -0.1) is 0 Å². The molecule has 30 heavy (non-hydrogen) atoms. The number of anilines is 1. The van der Waals surface area contributed by atoms with E-state index in [4.69, 9.17) is 0 Å². The van der Waals surface area contributed by atoms with Crippen molar-refractivity contribution in [1.82, 2.24) is 14.2 Å². The number of unbranched alkanes of at least 4 members (excludes halogenated alkanes) is 1. The third-order valence-electron chi connectivity index (χ3n) is 5.97. The van der Waals surface area contributed by atoms with Crippen molar-refractivity contribution in [2.45, 2.75) is 62.8 Å². The number of rotatable bonds is 9. The second kappa shape index (κ2) is 10.8. The minimum atomic E-state index is -3.59. The molecule has 0 bridgehead atoms. The zero-order valence-electron chi connectivity index (χ0n) is 18.1. The number of aromatic nitrogens is 1. The highest BCUT2D eigenvalue weighted by molar-refractivity contribution is 7.98. The van der Waals surface area contributed by atoms with Crippen LogP contribution < -0.4 is 5.32 Å². The molecule has 0 aliphatic carbocycles. The molecule has 1 aromatic heterocycles. The van der Waals surface area contributed by atoms with Gasteiger partial charge in [-0.3, -0.25) is 4.79 Å². The van der Waals surface area contributed by atoms with E-state index in [0.717, 1.165) is 56.8 Å². The zero-order valence-corrected chi connectivity index (χ0v) is 19.7. The summed E-state index contributed by atoms with van der Waals surface area (Å²) >= 11 is 1.84. The molecule has 1 atom stereocenters. The summed E-state index contributed by atoms with van der Waals surface area (Å²) in [6.45, 7) is 4.42. The topological polar surface area (TPSA) is 82.6 Å². The number of nitrogens with one attached hydrogen (secondary N) is 1. The van der Waals surface area contributed by atoms with Crippen LogP contribution in [-0.2, 0) is 14.8 Å². The number of carbonyl (C=O) groups is 1. The quantitative estimate of drug-likeness (QED) is 0.578. The highest BCUT2D eigenvalue weighted by Crippen LogP contribution is 2.27. The Bertz CT molecular complexity index is 832. The molecule has 1 amide bonds. The highest BCUT2D eigenvalue weighted by atomic mass is 32.2. The maximum atomic E-state index is 13.3. The fraction of sp³-hybridized carbons (Fsp3) is 0.714. The van der Waals surface area contributed by atoms with Gasteiger partial charge >= 0.3 is 0 Å². The Balaban J connectivity index is 1.62. The molecule has 1 unspecified atom stereocenters. The molecule has 3 rings (SSSR count). The van der Waals surface area contributed by atoms with Gasteiger partial charge in [0.15, 0.2) is 0 Å². The summed E-state index contributed by atoms with van der Waals surface area (Å²) in [7, 11) is -3.59. The summed E-state index contributed by atoms with van der Waals surface area (Å²) in [5.74, 6) is 2.08. The number of hydrogen-bond acceptors (Lipinski definition) is 6. The molecule has 3 heterocycles. The second-order valence-corrected chi connectivity index (χ2v) is 11.0. The van der Waals surface area contributed by atoms with Crippen molar-refractivity contribution in [3.8, 4) is 0 Å². The SMILES string of the molecule is CSCCCCNc1cc(C)c(S(=O)(=O)N2CCCC(N3CCCC3=O)CC2)cn1. The van der Waals surface area contributed by atoms with Gasteiger partial charge in [0, 0.05) is 44.8 Å². The average molecular weight is 455 g/mol. The Kier molecular flexibility index (Phi) is 8.42. The number of amides is 1. The molecule has 0 aromatic carbocycles. The van der Waals surface area contributed by atoms with Crippen LogP contribution in [0.4, 0.5) is 5.82 Å². The van der Waals surface area contributed by atoms with Crippen molar-refractivity contribution in [3.05, 3.63) is 17.8 Å². The molecule has 168 valence electrons. The van der Waals surface area contributed by atoms with Crippen LogP contribution in [0.5, 0.6) is 0 Å². The Hall–Kier alpha value is -1.32. The summed E-state index contributed by atoms with van der Waals surface area (Å²) in [5.41, 5.74) is 0.715. The van der Waals surface area contributed by atoms with Crippen LogP contribution in [0.3, 0.4) is 0 Å². The number of likely N-dealkylation sites (tertiary alicyclic amines) is 1. The third kappa shape index (κ3) is 5.68. The number of sulfonamides is 1. The molecule has 7 nitrogen and oxygen atoms in total. The summed E-state index contributed by atoms with van der Waals surface area (Å²) in [4.78, 5) is 18.7. The summed E-state index contributed by atoms with van der Waals surface area (Å²) in [6, 6.07) is 1.99. The first kappa shape index (κ1) is 23.3. The minimum Gasteiger partial charge on any atom is -0.370 e. The number of hydrogen-bond donors (Lipinski definition) is 1. The van der Waals surface area contributed by atoms with E-state index in [1.807, 2.05) is 29.7 Å². The molecule has 0 radical (unpaired) electrons. The van der Waals surface area contributed by atoms with E-state index in [2.05, 4.69) is 16.6 Å². The molecule has 0 saturated carbocycles. The lowest BCUT2D eigenvalue weighted by atomic mass is 10.1. The third-order valence-corrected chi connectivity index (χ3v) is 8.69. The molecule has 1 N–H and O–H groups in total. The maximum Gasteiger partial charge on any atom is 0.244 e. The molecular weight excluding hydrogens is 420 g/mol. The molecule has 1 aromatic rings. The van der Waals surface area contributed by atoms with Crippen molar-refractivity contribution in [3.63, 3.8) is 0 Å². The number of nitrogens with zero attached hydrogens (tertiary/aromatic N) is 3.